The van der Waals surface area contributed by atoms with Crippen molar-refractivity contribution >= 4 is 27.0 Å². The molecule has 0 spiro atoms. The van der Waals surface area contributed by atoms with E-state index in [2.05, 4.69) is 0 Å². The highest BCUT2D eigenvalue weighted by Gasteiger charge is 2.25. The van der Waals surface area contributed by atoms with Crippen molar-refractivity contribution in [3.63, 3.8) is 0 Å². The summed E-state index contributed by atoms with van der Waals surface area (Å²) < 4.78 is 26.6. The summed E-state index contributed by atoms with van der Waals surface area (Å²) in [5.74, 6) is 0. The van der Waals surface area contributed by atoms with E-state index in [1.54, 1.807) is 31.2 Å². The second kappa shape index (κ2) is 5.43. The van der Waals surface area contributed by atoms with Crippen molar-refractivity contribution in [3.05, 3.63) is 47.3 Å². The molecule has 0 N–H and O–H groups in total. The van der Waals surface area contributed by atoms with Gasteiger partial charge in [0.05, 0.1) is 5.69 Å². The lowest BCUT2D eigenvalue weighted by Crippen LogP contribution is -2.30. The summed E-state index contributed by atoms with van der Waals surface area (Å²) >= 11 is 0.987. The molecule has 1 aromatic carbocycles. The number of hydrogen-bond donors (Lipinski definition) is 0. The van der Waals surface area contributed by atoms with Crippen LogP contribution in [0.4, 0.5) is 5.69 Å². The van der Waals surface area contributed by atoms with E-state index < -0.39 is 10.0 Å². The minimum Gasteiger partial charge on any atom is -0.266 e. The number of benzene rings is 1. The van der Waals surface area contributed by atoms with Crippen molar-refractivity contribution in [2.75, 3.05) is 10.8 Å². The Bertz CT molecular complexity index is 700. The predicted molar refractivity (Wildman–Crippen MR) is 75.7 cm³/mol. The maximum atomic E-state index is 12.5. The lowest BCUT2D eigenvalue weighted by Gasteiger charge is -2.21. The largest absolute Gasteiger partial charge is 0.273 e. The Labute approximate surface area is 116 Å². The Morgan fingerprint density at radius 3 is 2.42 bits per heavy atom. The van der Waals surface area contributed by atoms with Gasteiger partial charge in [-0.25, -0.2) is 8.42 Å². The molecule has 0 aliphatic rings. The highest BCUT2D eigenvalue weighted by molar-refractivity contribution is 7.94. The Balaban J connectivity index is 2.45. The van der Waals surface area contributed by atoms with E-state index in [0.29, 0.717) is 17.1 Å². The average Bonchev–Trinajstić information content (AvgIpc) is 2.90. The average molecular weight is 292 g/mol. The third-order valence-electron chi connectivity index (χ3n) is 2.57. The van der Waals surface area contributed by atoms with Crippen LogP contribution in [0.25, 0.3) is 0 Å². The molecule has 2 rings (SSSR count). The van der Waals surface area contributed by atoms with Crippen LogP contribution in [0.5, 0.6) is 0 Å². The molecule has 0 atom stereocenters. The quantitative estimate of drug-likeness (QED) is 0.870. The Hall–Kier alpha value is -1.84. The number of para-hydroxylation sites is 1. The van der Waals surface area contributed by atoms with Crippen LogP contribution in [-0.4, -0.2) is 15.0 Å². The maximum Gasteiger partial charge on any atom is 0.273 e. The first-order valence-electron chi connectivity index (χ1n) is 5.67. The number of nitrogens with zero attached hydrogens (tertiary/aromatic N) is 2. The number of nitriles is 1. The molecule has 0 bridgehead atoms. The smallest absolute Gasteiger partial charge is 0.266 e. The summed E-state index contributed by atoms with van der Waals surface area (Å²) in [4.78, 5) is 0.391. The molecular weight excluding hydrogens is 280 g/mol. The first-order chi connectivity index (χ1) is 9.09. The van der Waals surface area contributed by atoms with Crippen molar-refractivity contribution in [1.82, 2.24) is 0 Å². The second-order valence-corrected chi connectivity index (χ2v) is 6.91. The first-order valence-corrected chi connectivity index (χ1v) is 7.93. The number of rotatable bonds is 4. The van der Waals surface area contributed by atoms with E-state index in [4.69, 9.17) is 5.26 Å². The van der Waals surface area contributed by atoms with Crippen molar-refractivity contribution in [2.24, 2.45) is 0 Å². The Morgan fingerprint density at radius 1 is 1.21 bits per heavy atom. The molecule has 0 aliphatic heterocycles. The third-order valence-corrected chi connectivity index (χ3v) is 5.93. The SMILES string of the molecule is CCN(c1ccccc1)S(=O)(=O)c1ccc(C#N)s1. The van der Waals surface area contributed by atoms with Gasteiger partial charge in [-0.3, -0.25) is 4.31 Å². The van der Waals surface area contributed by atoms with Crippen LogP contribution in [-0.2, 0) is 10.0 Å². The molecule has 0 radical (unpaired) electrons. The Morgan fingerprint density at radius 2 is 1.89 bits per heavy atom. The predicted octanol–water partition coefficient (Wildman–Crippen LogP) is 2.83. The summed E-state index contributed by atoms with van der Waals surface area (Å²) in [5, 5.41) is 8.78. The monoisotopic (exact) mass is 292 g/mol. The number of hydrogen-bond acceptors (Lipinski definition) is 4. The summed E-state index contributed by atoms with van der Waals surface area (Å²) in [5.41, 5.74) is 0.622. The summed E-state index contributed by atoms with van der Waals surface area (Å²) in [6.07, 6.45) is 0. The first kappa shape index (κ1) is 13.6. The van der Waals surface area contributed by atoms with Crippen LogP contribution in [0.1, 0.15) is 11.8 Å². The van der Waals surface area contributed by atoms with Gasteiger partial charge in [-0.2, -0.15) is 5.26 Å². The van der Waals surface area contributed by atoms with Gasteiger partial charge in [0.2, 0.25) is 0 Å². The zero-order valence-electron chi connectivity index (χ0n) is 10.3. The fourth-order valence-electron chi connectivity index (χ4n) is 1.71. The van der Waals surface area contributed by atoms with Crippen LogP contribution in [0.2, 0.25) is 0 Å². The van der Waals surface area contributed by atoms with E-state index in [1.165, 1.54) is 16.4 Å². The van der Waals surface area contributed by atoms with Crippen molar-refractivity contribution < 1.29 is 8.42 Å². The summed E-state index contributed by atoms with van der Waals surface area (Å²) in [6, 6.07) is 13.9. The maximum absolute atomic E-state index is 12.5. The number of thiophene rings is 1. The molecule has 0 saturated carbocycles. The van der Waals surface area contributed by atoms with Gasteiger partial charge in [0.25, 0.3) is 10.0 Å². The van der Waals surface area contributed by atoms with Gasteiger partial charge >= 0.3 is 0 Å². The molecule has 0 saturated heterocycles. The zero-order valence-corrected chi connectivity index (χ0v) is 11.9. The van der Waals surface area contributed by atoms with Crippen LogP contribution in [0.3, 0.4) is 0 Å². The van der Waals surface area contributed by atoms with Crippen LogP contribution < -0.4 is 4.31 Å². The van der Waals surface area contributed by atoms with Crippen molar-refractivity contribution in [3.8, 4) is 6.07 Å². The second-order valence-electron chi connectivity index (χ2n) is 3.74. The summed E-state index contributed by atoms with van der Waals surface area (Å²) in [7, 11) is -3.59. The van der Waals surface area contributed by atoms with Gasteiger partial charge < -0.3 is 0 Å². The highest BCUT2D eigenvalue weighted by atomic mass is 32.2. The molecule has 19 heavy (non-hydrogen) atoms. The fourth-order valence-corrected chi connectivity index (χ4v) is 4.40. The topological polar surface area (TPSA) is 61.2 Å². The van der Waals surface area contributed by atoms with Gasteiger partial charge in [0, 0.05) is 6.54 Å². The van der Waals surface area contributed by atoms with Gasteiger partial charge in [-0.15, -0.1) is 11.3 Å². The third kappa shape index (κ3) is 2.62. The summed E-state index contributed by atoms with van der Waals surface area (Å²) in [6.45, 7) is 2.12. The van der Waals surface area contributed by atoms with E-state index in [9.17, 15) is 8.42 Å². The molecule has 1 heterocycles. The van der Waals surface area contributed by atoms with Gasteiger partial charge in [0.1, 0.15) is 15.2 Å². The van der Waals surface area contributed by atoms with Crippen LogP contribution in [0, 0.1) is 11.3 Å². The molecule has 0 amide bonds. The normalized spacial score (nSPS) is 10.9. The minimum absolute atomic E-state index is 0.190. The highest BCUT2D eigenvalue weighted by Crippen LogP contribution is 2.28. The number of anilines is 1. The number of sulfonamides is 1. The standard InChI is InChI=1S/C13H12N2O2S2/c1-2-15(11-6-4-3-5-7-11)19(16,17)13-9-8-12(10-14)18-13/h3-9H,2H2,1H3. The lowest BCUT2D eigenvalue weighted by molar-refractivity contribution is 0.594. The molecule has 6 heteroatoms. The van der Waals surface area contributed by atoms with Gasteiger partial charge in [-0.1, -0.05) is 18.2 Å². The van der Waals surface area contributed by atoms with Gasteiger partial charge in [-0.05, 0) is 31.2 Å². The molecule has 0 aliphatic carbocycles. The van der Waals surface area contributed by atoms with Gasteiger partial charge in [0.15, 0.2) is 0 Å². The van der Waals surface area contributed by atoms with E-state index in [0.717, 1.165) is 11.3 Å². The molecule has 0 unspecified atom stereocenters. The molecule has 2 aromatic rings. The molecule has 0 fully saturated rings. The minimum atomic E-state index is -3.59. The van der Waals surface area contributed by atoms with E-state index in [1.807, 2.05) is 12.1 Å². The lowest BCUT2D eigenvalue weighted by atomic mass is 10.3. The molecular formula is C13H12N2O2S2. The van der Waals surface area contributed by atoms with E-state index >= 15 is 0 Å². The Kier molecular flexibility index (Phi) is 3.88. The molecule has 1 aromatic heterocycles. The fraction of sp³-hybridized carbons (Fsp3) is 0.154. The van der Waals surface area contributed by atoms with Crippen LogP contribution in [0.15, 0.2) is 46.7 Å². The molecule has 4 nitrogen and oxygen atoms in total. The van der Waals surface area contributed by atoms with Crippen LogP contribution >= 0.6 is 11.3 Å². The van der Waals surface area contributed by atoms with Crippen molar-refractivity contribution in [1.29, 1.82) is 5.26 Å². The van der Waals surface area contributed by atoms with E-state index in [-0.39, 0.29) is 4.21 Å². The zero-order chi connectivity index (χ0) is 13.9. The van der Waals surface area contributed by atoms with Crippen molar-refractivity contribution in [2.45, 2.75) is 11.1 Å². The molecule has 98 valence electrons.